The summed E-state index contributed by atoms with van der Waals surface area (Å²) in [5, 5.41) is 6.97. The summed E-state index contributed by atoms with van der Waals surface area (Å²) in [7, 11) is 1.66. The normalized spacial score (nSPS) is 16.4. The van der Waals surface area contributed by atoms with Crippen molar-refractivity contribution in [2.75, 3.05) is 33.4 Å². The number of nitrogens with one attached hydrogen (secondary N) is 2. The third-order valence-electron chi connectivity index (χ3n) is 4.89. The van der Waals surface area contributed by atoms with Crippen molar-refractivity contribution in [2.24, 2.45) is 4.99 Å². The van der Waals surface area contributed by atoms with Gasteiger partial charge in [0, 0.05) is 31.7 Å². The summed E-state index contributed by atoms with van der Waals surface area (Å²) in [6.07, 6.45) is 2.30. The topological polar surface area (TPSA) is 58.1 Å². The molecular weight excluding hydrogens is 340 g/mol. The molecule has 6 heteroatoms. The van der Waals surface area contributed by atoms with Crippen molar-refractivity contribution < 1.29 is 9.47 Å². The standard InChI is InChI=1S/C21H36N4O2/c1-6-22-21(24-18-10-12-25(13-11-18)16(3)4)23-15-17-8-9-19(26-5)20(14-17)27-7-2/h8-9,14,16,18H,6-7,10-13,15H2,1-5H3,(H2,22,23,24). The molecule has 1 aliphatic heterocycles. The van der Waals surface area contributed by atoms with Crippen LogP contribution in [0.15, 0.2) is 23.2 Å². The molecule has 1 aromatic rings. The third-order valence-corrected chi connectivity index (χ3v) is 4.89. The Balaban J connectivity index is 1.98. The highest BCUT2D eigenvalue weighted by Gasteiger charge is 2.21. The molecule has 0 atom stereocenters. The van der Waals surface area contributed by atoms with Gasteiger partial charge in [-0.25, -0.2) is 4.99 Å². The fourth-order valence-corrected chi connectivity index (χ4v) is 3.33. The maximum absolute atomic E-state index is 5.66. The van der Waals surface area contributed by atoms with Crippen molar-refractivity contribution in [1.29, 1.82) is 0 Å². The van der Waals surface area contributed by atoms with E-state index >= 15 is 0 Å². The molecule has 1 aromatic carbocycles. The predicted molar refractivity (Wildman–Crippen MR) is 112 cm³/mol. The van der Waals surface area contributed by atoms with Crippen LogP contribution in [0.25, 0.3) is 0 Å². The molecule has 27 heavy (non-hydrogen) atoms. The predicted octanol–water partition coefficient (Wildman–Crippen LogP) is 3.02. The zero-order valence-corrected chi connectivity index (χ0v) is 17.5. The molecule has 0 aliphatic carbocycles. The fraction of sp³-hybridized carbons (Fsp3) is 0.667. The molecule has 0 saturated carbocycles. The molecule has 2 N–H and O–H groups in total. The number of aliphatic imine (C=N–C) groups is 1. The minimum atomic E-state index is 0.479. The molecular formula is C21H36N4O2. The molecule has 1 saturated heterocycles. The van der Waals surface area contributed by atoms with Gasteiger partial charge in [0.2, 0.25) is 0 Å². The fourth-order valence-electron chi connectivity index (χ4n) is 3.33. The lowest BCUT2D eigenvalue weighted by atomic mass is 10.0. The number of piperidine rings is 1. The minimum absolute atomic E-state index is 0.479. The largest absolute Gasteiger partial charge is 0.493 e. The van der Waals surface area contributed by atoms with Gasteiger partial charge in [0.1, 0.15) is 0 Å². The van der Waals surface area contributed by atoms with Crippen LogP contribution in [-0.4, -0.2) is 56.3 Å². The highest BCUT2D eigenvalue weighted by molar-refractivity contribution is 5.80. The van der Waals surface area contributed by atoms with Gasteiger partial charge in [0.25, 0.3) is 0 Å². The van der Waals surface area contributed by atoms with Gasteiger partial charge in [0.05, 0.1) is 20.3 Å². The Morgan fingerprint density at radius 1 is 1.22 bits per heavy atom. The van der Waals surface area contributed by atoms with E-state index in [0.717, 1.165) is 55.5 Å². The van der Waals surface area contributed by atoms with E-state index in [1.54, 1.807) is 7.11 Å². The van der Waals surface area contributed by atoms with Gasteiger partial charge in [0.15, 0.2) is 17.5 Å². The van der Waals surface area contributed by atoms with Crippen LogP contribution in [0.2, 0.25) is 0 Å². The minimum Gasteiger partial charge on any atom is -0.493 e. The number of guanidine groups is 1. The molecule has 0 unspecified atom stereocenters. The molecule has 0 spiro atoms. The summed E-state index contributed by atoms with van der Waals surface area (Å²) in [5.41, 5.74) is 1.10. The lowest BCUT2D eigenvalue weighted by molar-refractivity contribution is 0.167. The molecule has 1 fully saturated rings. The van der Waals surface area contributed by atoms with E-state index < -0.39 is 0 Å². The van der Waals surface area contributed by atoms with Crippen LogP contribution < -0.4 is 20.1 Å². The monoisotopic (exact) mass is 376 g/mol. The SMILES string of the molecule is CCNC(=NCc1ccc(OC)c(OCC)c1)NC1CCN(C(C)C)CC1. The first-order valence-electron chi connectivity index (χ1n) is 10.2. The second-order valence-corrected chi connectivity index (χ2v) is 7.16. The number of methoxy groups -OCH3 is 1. The van der Waals surface area contributed by atoms with E-state index in [0.29, 0.717) is 25.2 Å². The first-order valence-corrected chi connectivity index (χ1v) is 10.2. The Labute approximate surface area is 164 Å². The number of hydrogen-bond acceptors (Lipinski definition) is 4. The maximum Gasteiger partial charge on any atom is 0.191 e. The quantitative estimate of drug-likeness (QED) is 0.539. The van der Waals surface area contributed by atoms with Crippen LogP contribution in [0, 0.1) is 0 Å². The van der Waals surface area contributed by atoms with Crippen LogP contribution in [0.5, 0.6) is 11.5 Å². The van der Waals surface area contributed by atoms with Crippen molar-refractivity contribution in [2.45, 2.75) is 59.2 Å². The van der Waals surface area contributed by atoms with Crippen molar-refractivity contribution in [1.82, 2.24) is 15.5 Å². The maximum atomic E-state index is 5.66. The Kier molecular flexibility index (Phi) is 8.72. The molecule has 152 valence electrons. The zero-order valence-electron chi connectivity index (χ0n) is 17.5. The van der Waals surface area contributed by atoms with Crippen LogP contribution >= 0.6 is 0 Å². The van der Waals surface area contributed by atoms with E-state index in [9.17, 15) is 0 Å². The van der Waals surface area contributed by atoms with E-state index in [1.807, 2.05) is 25.1 Å². The number of nitrogens with zero attached hydrogens (tertiary/aromatic N) is 2. The lowest BCUT2D eigenvalue weighted by Crippen LogP contribution is -2.49. The summed E-state index contributed by atoms with van der Waals surface area (Å²) >= 11 is 0. The first-order chi connectivity index (χ1) is 13.1. The second-order valence-electron chi connectivity index (χ2n) is 7.16. The van der Waals surface area contributed by atoms with E-state index in [-0.39, 0.29) is 0 Å². The molecule has 6 nitrogen and oxygen atoms in total. The van der Waals surface area contributed by atoms with E-state index in [1.165, 1.54) is 0 Å². The van der Waals surface area contributed by atoms with Crippen LogP contribution in [0.4, 0.5) is 0 Å². The molecule has 1 heterocycles. The zero-order chi connectivity index (χ0) is 19.6. The lowest BCUT2D eigenvalue weighted by Gasteiger charge is -2.35. The van der Waals surface area contributed by atoms with Crippen molar-refractivity contribution in [3.8, 4) is 11.5 Å². The average Bonchev–Trinajstić information content (AvgIpc) is 2.67. The van der Waals surface area contributed by atoms with Gasteiger partial charge in [-0.1, -0.05) is 6.07 Å². The van der Waals surface area contributed by atoms with Crippen LogP contribution in [0.3, 0.4) is 0 Å². The number of benzene rings is 1. The molecule has 2 rings (SSSR count). The van der Waals surface area contributed by atoms with Crippen LogP contribution in [0.1, 0.15) is 46.1 Å². The summed E-state index contributed by atoms with van der Waals surface area (Å²) < 4.78 is 11.0. The number of rotatable bonds is 8. The van der Waals surface area contributed by atoms with Crippen molar-refractivity contribution in [3.05, 3.63) is 23.8 Å². The molecule has 0 bridgehead atoms. The summed E-state index contributed by atoms with van der Waals surface area (Å²) in [6, 6.07) is 7.10. The Morgan fingerprint density at radius 2 is 1.96 bits per heavy atom. The van der Waals surface area contributed by atoms with Crippen molar-refractivity contribution in [3.63, 3.8) is 0 Å². The van der Waals surface area contributed by atoms with Crippen molar-refractivity contribution >= 4 is 5.96 Å². The van der Waals surface area contributed by atoms with Gasteiger partial charge in [-0.05, 0) is 58.2 Å². The third kappa shape index (κ3) is 6.61. The van der Waals surface area contributed by atoms with E-state index in [4.69, 9.17) is 14.5 Å². The van der Waals surface area contributed by atoms with Crippen LogP contribution in [-0.2, 0) is 6.54 Å². The second kappa shape index (κ2) is 11.0. The smallest absolute Gasteiger partial charge is 0.191 e. The Morgan fingerprint density at radius 3 is 2.56 bits per heavy atom. The summed E-state index contributed by atoms with van der Waals surface area (Å²) in [6.45, 7) is 13.0. The number of hydrogen-bond donors (Lipinski definition) is 2. The summed E-state index contributed by atoms with van der Waals surface area (Å²) in [4.78, 5) is 7.31. The van der Waals surface area contributed by atoms with Gasteiger partial charge in [-0.3, -0.25) is 0 Å². The van der Waals surface area contributed by atoms with Gasteiger partial charge in [-0.2, -0.15) is 0 Å². The molecule has 0 aromatic heterocycles. The summed E-state index contributed by atoms with van der Waals surface area (Å²) in [5.74, 6) is 2.41. The van der Waals surface area contributed by atoms with Gasteiger partial charge in [-0.15, -0.1) is 0 Å². The number of likely N-dealkylation sites (tertiary alicyclic amines) is 1. The molecule has 0 amide bonds. The average molecular weight is 377 g/mol. The molecule has 0 radical (unpaired) electrons. The van der Waals surface area contributed by atoms with Gasteiger partial charge < -0.3 is 25.0 Å². The number of ether oxygens (including phenoxy) is 2. The highest BCUT2D eigenvalue weighted by atomic mass is 16.5. The first kappa shape index (κ1) is 21.4. The molecule has 1 aliphatic rings. The van der Waals surface area contributed by atoms with E-state index in [2.05, 4.69) is 36.3 Å². The Bertz CT molecular complexity index is 596. The Hall–Kier alpha value is -1.95. The van der Waals surface area contributed by atoms with Gasteiger partial charge >= 0.3 is 0 Å². The highest BCUT2D eigenvalue weighted by Crippen LogP contribution is 2.28.